The van der Waals surface area contributed by atoms with Crippen LogP contribution < -0.4 is 0 Å². The fourth-order valence-corrected chi connectivity index (χ4v) is 1.78. The summed E-state index contributed by atoms with van der Waals surface area (Å²) in [6, 6.07) is 1.34. The topological polar surface area (TPSA) is 52.0 Å². The quantitative estimate of drug-likeness (QED) is 0.548. The average molecular weight is 207 g/mol. The first-order chi connectivity index (χ1) is 5.55. The second kappa shape index (κ2) is 3.28. The molecule has 0 radical (unpaired) electrons. The largest absolute Gasteiger partial charge is 0.278 e. The molecule has 0 unspecified atom stereocenters. The molecule has 4 nitrogen and oxygen atoms in total. The fourth-order valence-electron chi connectivity index (χ4n) is 0.787. The molecule has 1 aromatic heterocycles. The predicted octanol–water partition coefficient (Wildman–Crippen LogP) is 0.997. The van der Waals surface area contributed by atoms with Gasteiger partial charge in [0.2, 0.25) is 0 Å². The van der Waals surface area contributed by atoms with Crippen LogP contribution in [-0.4, -0.2) is 18.2 Å². The molecule has 12 heavy (non-hydrogen) atoms. The minimum atomic E-state index is -3.69. The smallest absolute Gasteiger partial charge is 0.249 e. The summed E-state index contributed by atoms with van der Waals surface area (Å²) in [6.07, 6.45) is 2.91. The van der Waals surface area contributed by atoms with Gasteiger partial charge in [0, 0.05) is 10.7 Å². The summed E-state index contributed by atoms with van der Waals surface area (Å²) in [7, 11) is 1.43. The Morgan fingerprint density at radius 1 is 1.75 bits per heavy atom. The monoisotopic (exact) mass is 206 g/mol. The number of rotatable bonds is 3. The van der Waals surface area contributed by atoms with Gasteiger partial charge < -0.3 is 0 Å². The summed E-state index contributed by atoms with van der Waals surface area (Å²) < 4.78 is 23.0. The number of aromatic nitrogens is 2. The van der Waals surface area contributed by atoms with E-state index >= 15 is 0 Å². The zero-order chi connectivity index (χ0) is 9.19. The van der Waals surface area contributed by atoms with Crippen LogP contribution in [0.1, 0.15) is 0 Å². The lowest BCUT2D eigenvalue weighted by atomic mass is 10.6. The third-order valence-electron chi connectivity index (χ3n) is 1.23. The fraction of sp³-hybridized carbons (Fsp3) is 0.167. The molecular weight excluding hydrogens is 200 g/mol. The molecule has 0 aromatic carbocycles. The van der Waals surface area contributed by atoms with Gasteiger partial charge in [-0.25, -0.2) is 13.1 Å². The summed E-state index contributed by atoms with van der Waals surface area (Å²) in [4.78, 5) is 0. The Hall–Kier alpha value is -0.810. The van der Waals surface area contributed by atoms with E-state index in [4.69, 9.17) is 10.7 Å². The molecule has 0 spiro atoms. The van der Waals surface area contributed by atoms with Gasteiger partial charge in [-0.1, -0.05) is 6.08 Å². The van der Waals surface area contributed by atoms with Crippen molar-refractivity contribution in [1.82, 2.24) is 9.78 Å². The Labute approximate surface area is 74.9 Å². The molecular formula is C6H7ClN2O2S. The van der Waals surface area contributed by atoms with Crippen molar-refractivity contribution >= 4 is 19.7 Å². The zero-order valence-electron chi connectivity index (χ0n) is 6.14. The highest BCUT2D eigenvalue weighted by molar-refractivity contribution is 8.13. The van der Waals surface area contributed by atoms with Gasteiger partial charge in [0.1, 0.15) is 0 Å². The van der Waals surface area contributed by atoms with Crippen molar-refractivity contribution in [2.45, 2.75) is 11.6 Å². The van der Waals surface area contributed by atoms with Gasteiger partial charge in [-0.05, 0) is 6.07 Å². The number of nitrogens with zero attached hydrogens (tertiary/aromatic N) is 2. The van der Waals surface area contributed by atoms with E-state index in [0.29, 0.717) is 6.54 Å². The summed E-state index contributed by atoms with van der Waals surface area (Å²) >= 11 is 0. The highest BCUT2D eigenvalue weighted by Gasteiger charge is 2.14. The van der Waals surface area contributed by atoms with Crippen LogP contribution in [0.3, 0.4) is 0 Å². The van der Waals surface area contributed by atoms with Crippen LogP contribution in [0, 0.1) is 0 Å². The number of hydrogen-bond donors (Lipinski definition) is 0. The first kappa shape index (κ1) is 9.28. The molecule has 0 aliphatic carbocycles. The highest BCUT2D eigenvalue weighted by Crippen LogP contribution is 2.13. The third kappa shape index (κ3) is 1.86. The standard InChI is InChI=1S/C6H7ClN2O2S/c1-2-5-9-6(3-4-8-9)12(7,10)11/h2-4H,1,5H2. The summed E-state index contributed by atoms with van der Waals surface area (Å²) in [5.41, 5.74) is 0. The molecule has 0 aliphatic heterocycles. The molecule has 6 heteroatoms. The Morgan fingerprint density at radius 3 is 2.92 bits per heavy atom. The zero-order valence-corrected chi connectivity index (χ0v) is 7.72. The van der Waals surface area contributed by atoms with Crippen LogP contribution in [0.5, 0.6) is 0 Å². The molecule has 0 fully saturated rings. The molecule has 1 heterocycles. The van der Waals surface area contributed by atoms with Gasteiger partial charge in [-0.2, -0.15) is 5.10 Å². The number of allylic oxidation sites excluding steroid dienone is 1. The molecule has 66 valence electrons. The van der Waals surface area contributed by atoms with Crippen molar-refractivity contribution in [3.8, 4) is 0 Å². The van der Waals surface area contributed by atoms with Crippen molar-refractivity contribution in [3.63, 3.8) is 0 Å². The lowest BCUT2D eigenvalue weighted by Gasteiger charge is -1.99. The van der Waals surface area contributed by atoms with Gasteiger partial charge >= 0.3 is 0 Å². The second-order valence-corrected chi connectivity index (χ2v) is 4.59. The molecule has 0 aliphatic rings. The maximum absolute atomic E-state index is 10.9. The summed E-state index contributed by atoms with van der Waals surface area (Å²) in [6.45, 7) is 3.79. The maximum atomic E-state index is 10.9. The van der Waals surface area contributed by atoms with Gasteiger partial charge in [0.05, 0.1) is 12.7 Å². The Balaban J connectivity index is 3.16. The van der Waals surface area contributed by atoms with E-state index in [1.165, 1.54) is 16.9 Å². The molecule has 0 N–H and O–H groups in total. The van der Waals surface area contributed by atoms with Crippen molar-refractivity contribution in [3.05, 3.63) is 24.9 Å². The van der Waals surface area contributed by atoms with Gasteiger partial charge in [0.25, 0.3) is 9.05 Å². The lowest BCUT2D eigenvalue weighted by Crippen LogP contribution is -2.05. The maximum Gasteiger partial charge on any atom is 0.278 e. The molecule has 0 bridgehead atoms. The lowest BCUT2D eigenvalue weighted by molar-refractivity contribution is 0.578. The highest BCUT2D eigenvalue weighted by atomic mass is 35.7. The van der Waals surface area contributed by atoms with Crippen molar-refractivity contribution in [2.75, 3.05) is 0 Å². The van der Waals surface area contributed by atoms with Crippen molar-refractivity contribution < 1.29 is 8.42 Å². The third-order valence-corrected chi connectivity index (χ3v) is 2.55. The summed E-state index contributed by atoms with van der Waals surface area (Å²) in [5, 5.41) is 3.74. The van der Waals surface area contributed by atoms with Crippen LogP contribution in [0.25, 0.3) is 0 Å². The number of halogens is 1. The van der Waals surface area contributed by atoms with Gasteiger partial charge in [-0.15, -0.1) is 6.58 Å². The van der Waals surface area contributed by atoms with Crippen LogP contribution in [-0.2, 0) is 15.6 Å². The van der Waals surface area contributed by atoms with E-state index in [2.05, 4.69) is 11.7 Å². The predicted molar refractivity (Wildman–Crippen MR) is 45.5 cm³/mol. The Morgan fingerprint density at radius 2 is 2.42 bits per heavy atom. The Kier molecular flexibility index (Phi) is 2.54. The van der Waals surface area contributed by atoms with E-state index in [1.54, 1.807) is 6.08 Å². The van der Waals surface area contributed by atoms with Crippen molar-refractivity contribution in [1.29, 1.82) is 0 Å². The van der Waals surface area contributed by atoms with Crippen LogP contribution in [0.4, 0.5) is 0 Å². The normalized spacial score (nSPS) is 11.4. The molecule has 1 rings (SSSR count). The van der Waals surface area contributed by atoms with Crippen LogP contribution in [0.15, 0.2) is 29.9 Å². The molecule has 1 aromatic rings. The van der Waals surface area contributed by atoms with Crippen LogP contribution >= 0.6 is 10.7 Å². The number of hydrogen-bond acceptors (Lipinski definition) is 3. The molecule has 0 amide bonds. The SMILES string of the molecule is C=CCn1nccc1S(=O)(=O)Cl. The van der Waals surface area contributed by atoms with E-state index in [0.717, 1.165) is 0 Å². The first-order valence-corrected chi connectivity index (χ1v) is 5.44. The molecule has 0 saturated heterocycles. The van der Waals surface area contributed by atoms with Crippen molar-refractivity contribution in [2.24, 2.45) is 0 Å². The minimum absolute atomic E-state index is 0.0101. The van der Waals surface area contributed by atoms with E-state index in [1.807, 2.05) is 0 Å². The second-order valence-electron chi connectivity index (χ2n) is 2.08. The first-order valence-electron chi connectivity index (χ1n) is 3.13. The molecule has 0 saturated carbocycles. The van der Waals surface area contributed by atoms with E-state index in [-0.39, 0.29) is 5.03 Å². The molecule has 0 atom stereocenters. The minimum Gasteiger partial charge on any atom is -0.249 e. The van der Waals surface area contributed by atoms with E-state index in [9.17, 15) is 8.42 Å². The van der Waals surface area contributed by atoms with Gasteiger partial charge in [-0.3, -0.25) is 0 Å². The van der Waals surface area contributed by atoms with Gasteiger partial charge in [0.15, 0.2) is 5.03 Å². The van der Waals surface area contributed by atoms with E-state index < -0.39 is 9.05 Å². The summed E-state index contributed by atoms with van der Waals surface area (Å²) in [5.74, 6) is 0. The van der Waals surface area contributed by atoms with Crippen LogP contribution in [0.2, 0.25) is 0 Å². The average Bonchev–Trinajstić information content (AvgIpc) is 2.34. The Bertz CT molecular complexity index is 382.